The fourth-order valence-electron chi connectivity index (χ4n) is 2.98. The summed E-state index contributed by atoms with van der Waals surface area (Å²) < 4.78 is 5.26. The summed E-state index contributed by atoms with van der Waals surface area (Å²) in [5.74, 6) is 3.81. The van der Waals surface area contributed by atoms with Gasteiger partial charge in [-0.25, -0.2) is 0 Å². The van der Waals surface area contributed by atoms with Crippen molar-refractivity contribution < 1.29 is 9.53 Å². The Hall–Kier alpha value is -1.01. The number of ether oxygens (including phenoxy) is 1. The maximum Gasteiger partial charge on any atom is 0.326 e. The number of terminal acetylenes is 1. The molecule has 19 heavy (non-hydrogen) atoms. The molecule has 1 N–H and O–H groups in total. The van der Waals surface area contributed by atoms with Crippen LogP contribution in [0.4, 0.5) is 0 Å². The molecule has 1 saturated carbocycles. The van der Waals surface area contributed by atoms with Gasteiger partial charge in [-0.05, 0) is 38.0 Å². The van der Waals surface area contributed by atoms with Crippen LogP contribution in [-0.2, 0) is 9.53 Å². The molecule has 2 unspecified atom stereocenters. The number of hydrogen-bond donors (Lipinski definition) is 1. The second kappa shape index (κ2) is 7.55. The monoisotopic (exact) mass is 265 g/mol. The standard InChI is InChI=1S/C16H27NO2/c1-5-12-17-16(15(18)19-6-2)10-7-8-14(9-11-16)13(3)4/h1,13-14,17H,6-12H2,2-4H3. The number of carbonyl (C=O) groups is 1. The quantitative estimate of drug-likeness (QED) is 0.472. The third-order valence-corrected chi connectivity index (χ3v) is 4.26. The average Bonchev–Trinajstić information content (AvgIpc) is 2.60. The maximum absolute atomic E-state index is 12.3. The summed E-state index contributed by atoms with van der Waals surface area (Å²) >= 11 is 0. The minimum absolute atomic E-state index is 0.130. The summed E-state index contributed by atoms with van der Waals surface area (Å²) in [7, 11) is 0. The Balaban J connectivity index is 2.79. The third-order valence-electron chi connectivity index (χ3n) is 4.26. The molecule has 1 aliphatic rings. The lowest BCUT2D eigenvalue weighted by Crippen LogP contribution is -2.52. The molecule has 0 aliphatic heterocycles. The second-order valence-electron chi connectivity index (χ2n) is 5.80. The second-order valence-corrected chi connectivity index (χ2v) is 5.80. The van der Waals surface area contributed by atoms with E-state index >= 15 is 0 Å². The van der Waals surface area contributed by atoms with Crippen LogP contribution in [-0.4, -0.2) is 24.7 Å². The molecule has 3 nitrogen and oxygen atoms in total. The first-order valence-electron chi connectivity index (χ1n) is 7.41. The Morgan fingerprint density at radius 3 is 2.79 bits per heavy atom. The van der Waals surface area contributed by atoms with Gasteiger partial charge in [0.25, 0.3) is 0 Å². The van der Waals surface area contributed by atoms with Crippen molar-refractivity contribution in [1.82, 2.24) is 5.32 Å². The van der Waals surface area contributed by atoms with E-state index in [1.54, 1.807) is 0 Å². The molecule has 108 valence electrons. The van der Waals surface area contributed by atoms with Crippen molar-refractivity contribution in [2.75, 3.05) is 13.2 Å². The highest BCUT2D eigenvalue weighted by atomic mass is 16.5. The summed E-state index contributed by atoms with van der Waals surface area (Å²) in [6, 6.07) is 0. The molecule has 1 fully saturated rings. The van der Waals surface area contributed by atoms with Gasteiger partial charge in [0, 0.05) is 0 Å². The van der Waals surface area contributed by atoms with E-state index in [2.05, 4.69) is 25.1 Å². The van der Waals surface area contributed by atoms with Crippen LogP contribution in [0.15, 0.2) is 0 Å². The summed E-state index contributed by atoms with van der Waals surface area (Å²) in [5, 5.41) is 3.26. The lowest BCUT2D eigenvalue weighted by molar-refractivity contribution is -0.151. The molecule has 0 saturated heterocycles. The highest BCUT2D eigenvalue weighted by molar-refractivity contribution is 5.81. The molecule has 2 atom stereocenters. The number of rotatable bonds is 5. The van der Waals surface area contributed by atoms with E-state index in [1.165, 1.54) is 6.42 Å². The van der Waals surface area contributed by atoms with Gasteiger partial charge in [0.05, 0.1) is 13.2 Å². The maximum atomic E-state index is 12.3. The molecule has 3 heteroatoms. The molecule has 0 spiro atoms. The third kappa shape index (κ3) is 4.24. The summed E-state index contributed by atoms with van der Waals surface area (Å²) in [6.45, 7) is 7.21. The van der Waals surface area contributed by atoms with Gasteiger partial charge in [-0.3, -0.25) is 10.1 Å². The Labute approximate surface area is 117 Å². The van der Waals surface area contributed by atoms with E-state index in [0.717, 1.165) is 25.7 Å². The smallest absolute Gasteiger partial charge is 0.326 e. The Morgan fingerprint density at radius 2 is 2.21 bits per heavy atom. The van der Waals surface area contributed by atoms with Gasteiger partial charge >= 0.3 is 5.97 Å². The van der Waals surface area contributed by atoms with Gasteiger partial charge in [-0.15, -0.1) is 6.42 Å². The fourth-order valence-corrected chi connectivity index (χ4v) is 2.98. The topological polar surface area (TPSA) is 38.3 Å². The molecule has 0 heterocycles. The van der Waals surface area contributed by atoms with Crippen LogP contribution in [0.3, 0.4) is 0 Å². The predicted molar refractivity (Wildman–Crippen MR) is 77.6 cm³/mol. The zero-order valence-electron chi connectivity index (χ0n) is 12.5. The van der Waals surface area contributed by atoms with E-state index in [-0.39, 0.29) is 5.97 Å². The van der Waals surface area contributed by atoms with Crippen molar-refractivity contribution in [2.24, 2.45) is 11.8 Å². The van der Waals surface area contributed by atoms with Crippen LogP contribution in [0.5, 0.6) is 0 Å². The zero-order valence-corrected chi connectivity index (χ0v) is 12.5. The van der Waals surface area contributed by atoms with Crippen LogP contribution in [0, 0.1) is 24.2 Å². The molecule has 0 aromatic carbocycles. The molecule has 0 aromatic heterocycles. The van der Waals surface area contributed by atoms with Gasteiger partial charge in [0.2, 0.25) is 0 Å². The first-order valence-corrected chi connectivity index (χ1v) is 7.41. The fraction of sp³-hybridized carbons (Fsp3) is 0.812. The highest BCUT2D eigenvalue weighted by Gasteiger charge is 2.41. The van der Waals surface area contributed by atoms with E-state index in [4.69, 9.17) is 11.2 Å². The molecule has 0 radical (unpaired) electrons. The van der Waals surface area contributed by atoms with Gasteiger partial charge in [0.15, 0.2) is 0 Å². The Morgan fingerprint density at radius 1 is 1.47 bits per heavy atom. The Kier molecular flexibility index (Phi) is 6.37. The summed E-state index contributed by atoms with van der Waals surface area (Å²) in [6.07, 6.45) is 10.3. The molecular formula is C16H27NO2. The van der Waals surface area contributed by atoms with Gasteiger partial charge in [0.1, 0.15) is 5.54 Å². The number of carbonyl (C=O) groups excluding carboxylic acids is 1. The van der Waals surface area contributed by atoms with E-state index in [9.17, 15) is 4.79 Å². The van der Waals surface area contributed by atoms with Crippen LogP contribution >= 0.6 is 0 Å². The van der Waals surface area contributed by atoms with E-state index < -0.39 is 5.54 Å². The number of nitrogens with one attached hydrogen (secondary N) is 1. The van der Waals surface area contributed by atoms with Crippen LogP contribution in [0.25, 0.3) is 0 Å². The molecule has 1 rings (SSSR count). The molecule has 1 aliphatic carbocycles. The molecule has 0 aromatic rings. The van der Waals surface area contributed by atoms with Gasteiger partial charge in [-0.2, -0.15) is 0 Å². The molecule has 0 bridgehead atoms. The summed E-state index contributed by atoms with van der Waals surface area (Å²) in [5.41, 5.74) is -0.563. The summed E-state index contributed by atoms with van der Waals surface area (Å²) in [4.78, 5) is 12.3. The average molecular weight is 265 g/mol. The normalized spacial score (nSPS) is 27.6. The molecular weight excluding hydrogens is 238 g/mol. The number of esters is 1. The van der Waals surface area contributed by atoms with Crippen LogP contribution < -0.4 is 5.32 Å². The van der Waals surface area contributed by atoms with Crippen molar-refractivity contribution in [3.63, 3.8) is 0 Å². The van der Waals surface area contributed by atoms with Crippen LogP contribution in [0.2, 0.25) is 0 Å². The van der Waals surface area contributed by atoms with Gasteiger partial charge < -0.3 is 4.74 Å². The van der Waals surface area contributed by atoms with Crippen molar-refractivity contribution in [3.05, 3.63) is 0 Å². The van der Waals surface area contributed by atoms with Crippen molar-refractivity contribution >= 4 is 5.97 Å². The SMILES string of the molecule is C#CCNC1(C(=O)OCC)CCCC(C(C)C)CC1. The van der Waals surface area contributed by atoms with Crippen molar-refractivity contribution in [1.29, 1.82) is 0 Å². The van der Waals surface area contributed by atoms with Crippen LogP contribution in [0.1, 0.15) is 52.9 Å². The first-order chi connectivity index (χ1) is 9.05. The van der Waals surface area contributed by atoms with Crippen molar-refractivity contribution in [2.45, 2.75) is 58.4 Å². The van der Waals surface area contributed by atoms with Gasteiger partial charge in [-0.1, -0.05) is 32.6 Å². The minimum atomic E-state index is -0.563. The molecule has 0 amide bonds. The first kappa shape index (κ1) is 16.0. The largest absolute Gasteiger partial charge is 0.465 e. The lowest BCUT2D eigenvalue weighted by atomic mass is 9.86. The highest BCUT2D eigenvalue weighted by Crippen LogP contribution is 2.34. The van der Waals surface area contributed by atoms with E-state index in [0.29, 0.717) is 25.0 Å². The zero-order chi connectivity index (χ0) is 14.3. The lowest BCUT2D eigenvalue weighted by Gasteiger charge is -2.31. The Bertz CT molecular complexity index is 332. The van der Waals surface area contributed by atoms with E-state index in [1.807, 2.05) is 6.92 Å². The predicted octanol–water partition coefficient (Wildman–Crippen LogP) is 2.75. The minimum Gasteiger partial charge on any atom is -0.465 e. The number of hydrogen-bond acceptors (Lipinski definition) is 3. The van der Waals surface area contributed by atoms with Crippen molar-refractivity contribution in [3.8, 4) is 12.3 Å².